The number of benzene rings is 1. The first-order chi connectivity index (χ1) is 12.0. The smallest absolute Gasteiger partial charge is 0.327 e. The lowest BCUT2D eigenvalue weighted by molar-refractivity contribution is -0.121. The van der Waals surface area contributed by atoms with Gasteiger partial charge in [0.15, 0.2) is 0 Å². The molecule has 0 unspecified atom stereocenters. The average Bonchev–Trinajstić information content (AvgIpc) is 3.02. The Balaban J connectivity index is 1.52. The van der Waals surface area contributed by atoms with Crippen molar-refractivity contribution in [3.05, 3.63) is 62.6 Å². The zero-order chi connectivity index (χ0) is 17.8. The highest BCUT2D eigenvalue weighted by Gasteiger charge is 2.24. The number of hydrogen-bond donors (Lipinski definition) is 3. The lowest BCUT2D eigenvalue weighted by Gasteiger charge is -2.18. The predicted molar refractivity (Wildman–Crippen MR) is 91.2 cm³/mol. The highest BCUT2D eigenvalue weighted by atomic mass is 19.1. The van der Waals surface area contributed by atoms with Crippen LogP contribution in [0.4, 0.5) is 10.2 Å². The molecular formula is C17H19FN4O3. The van der Waals surface area contributed by atoms with Crippen molar-refractivity contribution in [2.45, 2.75) is 25.3 Å². The van der Waals surface area contributed by atoms with Gasteiger partial charge in [-0.25, -0.2) is 9.18 Å². The molecule has 2 heterocycles. The maximum Gasteiger partial charge on any atom is 0.327 e. The number of H-pyrrole nitrogens is 2. The number of anilines is 1. The zero-order valence-electron chi connectivity index (χ0n) is 13.5. The highest BCUT2D eigenvalue weighted by molar-refractivity contribution is 5.76. The van der Waals surface area contributed by atoms with Crippen LogP contribution >= 0.6 is 0 Å². The molecule has 1 aliphatic rings. The van der Waals surface area contributed by atoms with Crippen LogP contribution in [-0.2, 0) is 11.2 Å². The Morgan fingerprint density at radius 3 is 2.84 bits per heavy atom. The highest BCUT2D eigenvalue weighted by Crippen LogP contribution is 2.16. The van der Waals surface area contributed by atoms with Gasteiger partial charge >= 0.3 is 5.69 Å². The van der Waals surface area contributed by atoms with Crippen LogP contribution in [-0.4, -0.2) is 35.0 Å². The summed E-state index contributed by atoms with van der Waals surface area (Å²) < 4.78 is 13.6. The fourth-order valence-electron chi connectivity index (χ4n) is 2.97. The number of halogens is 1. The van der Waals surface area contributed by atoms with Gasteiger partial charge in [-0.15, -0.1) is 0 Å². The Kier molecular flexibility index (Phi) is 4.97. The van der Waals surface area contributed by atoms with Gasteiger partial charge in [0.1, 0.15) is 11.6 Å². The van der Waals surface area contributed by atoms with Gasteiger partial charge in [-0.2, -0.15) is 0 Å². The van der Waals surface area contributed by atoms with Gasteiger partial charge in [0.2, 0.25) is 5.91 Å². The van der Waals surface area contributed by atoms with E-state index in [-0.39, 0.29) is 24.2 Å². The van der Waals surface area contributed by atoms with Crippen molar-refractivity contribution < 1.29 is 9.18 Å². The Bertz CT molecular complexity index is 848. The molecule has 7 nitrogen and oxygen atoms in total. The second-order valence-corrected chi connectivity index (χ2v) is 6.06. The minimum absolute atomic E-state index is 0.0732. The average molecular weight is 346 g/mol. The van der Waals surface area contributed by atoms with Crippen LogP contribution in [0.5, 0.6) is 0 Å². The topological polar surface area (TPSA) is 98.1 Å². The molecule has 0 saturated carbocycles. The zero-order valence-corrected chi connectivity index (χ0v) is 13.5. The summed E-state index contributed by atoms with van der Waals surface area (Å²) in [6, 6.07) is 7.66. The summed E-state index contributed by atoms with van der Waals surface area (Å²) in [5.74, 6) is -0.00745. The van der Waals surface area contributed by atoms with Crippen LogP contribution < -0.4 is 21.5 Å². The number of hydrogen-bond acceptors (Lipinski definition) is 4. The molecule has 3 rings (SSSR count). The van der Waals surface area contributed by atoms with E-state index in [4.69, 9.17) is 0 Å². The predicted octanol–water partition coefficient (Wildman–Crippen LogP) is 0.530. The first-order valence-electron chi connectivity index (χ1n) is 8.12. The van der Waals surface area contributed by atoms with Crippen molar-refractivity contribution in [2.24, 2.45) is 0 Å². The summed E-state index contributed by atoms with van der Waals surface area (Å²) in [5, 5.41) is 2.92. The second-order valence-electron chi connectivity index (χ2n) is 6.06. The van der Waals surface area contributed by atoms with E-state index < -0.39 is 11.2 Å². The number of aryl methyl sites for hydroxylation is 1. The number of nitrogens with one attached hydrogen (secondary N) is 3. The van der Waals surface area contributed by atoms with Crippen molar-refractivity contribution >= 4 is 11.7 Å². The Hall–Kier alpha value is -2.90. The first-order valence-corrected chi connectivity index (χ1v) is 8.12. The number of carbonyl (C=O) groups is 1. The molecule has 1 aliphatic heterocycles. The SMILES string of the molecule is O=C(CCc1ccccc1F)N[C@H]1CCN(c2cc(=O)[nH]c(=O)[nH]2)C1. The Morgan fingerprint density at radius 2 is 2.08 bits per heavy atom. The number of carbonyl (C=O) groups excluding carboxylic acids is 1. The van der Waals surface area contributed by atoms with Gasteiger partial charge in [-0.3, -0.25) is 19.6 Å². The van der Waals surface area contributed by atoms with Gasteiger partial charge in [0.05, 0.1) is 0 Å². The monoisotopic (exact) mass is 346 g/mol. The van der Waals surface area contributed by atoms with Crippen molar-refractivity contribution in [1.29, 1.82) is 0 Å². The molecule has 1 amide bonds. The normalized spacial score (nSPS) is 16.8. The second kappa shape index (κ2) is 7.33. The third-order valence-corrected chi connectivity index (χ3v) is 4.22. The van der Waals surface area contributed by atoms with Crippen molar-refractivity contribution in [2.75, 3.05) is 18.0 Å². The van der Waals surface area contributed by atoms with Crippen LogP contribution in [0.25, 0.3) is 0 Å². The maximum absolute atomic E-state index is 13.6. The van der Waals surface area contributed by atoms with E-state index in [0.717, 1.165) is 0 Å². The molecule has 8 heteroatoms. The number of aromatic amines is 2. The Morgan fingerprint density at radius 1 is 1.28 bits per heavy atom. The maximum atomic E-state index is 13.6. The molecule has 132 valence electrons. The molecule has 25 heavy (non-hydrogen) atoms. The lowest BCUT2D eigenvalue weighted by atomic mass is 10.1. The van der Waals surface area contributed by atoms with E-state index in [1.807, 2.05) is 4.90 Å². The lowest BCUT2D eigenvalue weighted by Crippen LogP contribution is -2.38. The van der Waals surface area contributed by atoms with Crippen LogP contribution in [0, 0.1) is 5.82 Å². The van der Waals surface area contributed by atoms with E-state index >= 15 is 0 Å². The molecule has 1 aromatic carbocycles. The van der Waals surface area contributed by atoms with Crippen LogP contribution in [0.2, 0.25) is 0 Å². The van der Waals surface area contributed by atoms with Crippen molar-refractivity contribution in [3.8, 4) is 0 Å². The third kappa shape index (κ3) is 4.34. The van der Waals surface area contributed by atoms with Crippen LogP contribution in [0.15, 0.2) is 39.9 Å². The number of amides is 1. The fraction of sp³-hybridized carbons (Fsp3) is 0.353. The molecule has 1 saturated heterocycles. The standard InChI is InChI=1S/C17H19FN4O3/c18-13-4-2-1-3-11(13)5-6-15(23)19-12-7-8-22(10-12)14-9-16(24)21-17(25)20-14/h1-4,9,12H,5-8,10H2,(H,19,23)(H2,20,21,24,25)/t12-/m0/s1. The minimum Gasteiger partial charge on any atom is -0.356 e. The van der Waals surface area contributed by atoms with E-state index in [0.29, 0.717) is 37.3 Å². The molecule has 1 atom stereocenters. The molecule has 0 aliphatic carbocycles. The summed E-state index contributed by atoms with van der Waals surface area (Å²) >= 11 is 0. The van der Waals surface area contributed by atoms with E-state index in [1.165, 1.54) is 12.1 Å². The van der Waals surface area contributed by atoms with Crippen molar-refractivity contribution in [1.82, 2.24) is 15.3 Å². The molecule has 1 fully saturated rings. The fourth-order valence-corrected chi connectivity index (χ4v) is 2.97. The van der Waals surface area contributed by atoms with E-state index in [1.54, 1.807) is 18.2 Å². The molecular weight excluding hydrogens is 327 g/mol. The van der Waals surface area contributed by atoms with Gasteiger partial charge in [-0.05, 0) is 24.5 Å². The van der Waals surface area contributed by atoms with Gasteiger partial charge in [0.25, 0.3) is 5.56 Å². The summed E-state index contributed by atoms with van der Waals surface area (Å²) in [5.41, 5.74) is -0.497. The minimum atomic E-state index is -0.556. The number of aromatic nitrogens is 2. The number of rotatable bonds is 5. The summed E-state index contributed by atoms with van der Waals surface area (Å²) in [6.07, 6.45) is 1.26. The molecule has 0 spiro atoms. The third-order valence-electron chi connectivity index (χ3n) is 4.22. The quantitative estimate of drug-likeness (QED) is 0.736. The van der Waals surface area contributed by atoms with Crippen molar-refractivity contribution in [3.63, 3.8) is 0 Å². The summed E-state index contributed by atoms with van der Waals surface area (Å²) in [4.78, 5) is 41.3. The van der Waals surface area contributed by atoms with E-state index in [2.05, 4.69) is 15.3 Å². The molecule has 2 aromatic rings. The van der Waals surface area contributed by atoms with Gasteiger partial charge < -0.3 is 10.2 Å². The Labute approximate surface area is 142 Å². The molecule has 1 aromatic heterocycles. The molecule has 0 radical (unpaired) electrons. The molecule has 0 bridgehead atoms. The summed E-state index contributed by atoms with van der Waals surface area (Å²) in [6.45, 7) is 1.13. The van der Waals surface area contributed by atoms with E-state index in [9.17, 15) is 18.8 Å². The molecule has 3 N–H and O–H groups in total. The van der Waals surface area contributed by atoms with Crippen LogP contribution in [0.3, 0.4) is 0 Å². The van der Waals surface area contributed by atoms with Crippen LogP contribution in [0.1, 0.15) is 18.4 Å². The summed E-state index contributed by atoms with van der Waals surface area (Å²) in [7, 11) is 0. The first kappa shape index (κ1) is 16.9. The van der Waals surface area contributed by atoms with Gasteiger partial charge in [0, 0.05) is 31.6 Å². The van der Waals surface area contributed by atoms with Gasteiger partial charge in [-0.1, -0.05) is 18.2 Å². The largest absolute Gasteiger partial charge is 0.356 e. The number of nitrogens with zero attached hydrogens (tertiary/aromatic N) is 1.